The molecule has 0 aliphatic carbocycles. The zero-order valence-electron chi connectivity index (χ0n) is 17.5. The van der Waals surface area contributed by atoms with Gasteiger partial charge in [-0.25, -0.2) is 4.90 Å². The number of carbonyl (C=O) groups excluding carboxylic acids is 3. The Hall–Kier alpha value is -3.35. The maximum absolute atomic E-state index is 13.1. The Balaban J connectivity index is 1.82. The first kappa shape index (κ1) is 21.4. The van der Waals surface area contributed by atoms with Crippen LogP contribution in [0.2, 0.25) is 0 Å². The van der Waals surface area contributed by atoms with E-state index in [1.165, 1.54) is 4.90 Å². The molecule has 2 aromatic carbocycles. The number of anilines is 1. The van der Waals surface area contributed by atoms with Crippen molar-refractivity contribution in [3.05, 3.63) is 54.1 Å². The van der Waals surface area contributed by atoms with Gasteiger partial charge in [-0.3, -0.25) is 14.4 Å². The van der Waals surface area contributed by atoms with Crippen molar-refractivity contribution in [3.8, 4) is 11.5 Å². The molecule has 7 heteroatoms. The van der Waals surface area contributed by atoms with Gasteiger partial charge in [0.2, 0.25) is 11.8 Å². The Morgan fingerprint density at radius 3 is 2.23 bits per heavy atom. The first-order valence-corrected chi connectivity index (χ1v) is 10.0. The zero-order chi connectivity index (χ0) is 21.7. The standard InChI is InChI=1S/C23H26N2O5/c1-4-21(26)24(15-16-6-10-18(29-3)11-7-16)20-14-22(27)25(23(20)28)17-8-12-19(13-9-17)30-5-2/h6-13,20H,4-5,14-15H2,1-3H3. The van der Waals surface area contributed by atoms with Crippen molar-refractivity contribution in [1.29, 1.82) is 0 Å². The third-order valence-electron chi connectivity index (χ3n) is 5.04. The van der Waals surface area contributed by atoms with E-state index < -0.39 is 6.04 Å². The molecule has 1 saturated heterocycles. The highest BCUT2D eigenvalue weighted by molar-refractivity contribution is 6.23. The van der Waals surface area contributed by atoms with Crippen LogP contribution in [0.5, 0.6) is 11.5 Å². The molecule has 1 aliphatic rings. The van der Waals surface area contributed by atoms with E-state index in [2.05, 4.69) is 0 Å². The molecule has 1 unspecified atom stereocenters. The summed E-state index contributed by atoms with van der Waals surface area (Å²) in [6, 6.07) is 13.3. The Bertz CT molecular complexity index is 908. The highest BCUT2D eigenvalue weighted by Gasteiger charge is 2.44. The molecule has 1 aliphatic heterocycles. The average Bonchev–Trinajstić information content (AvgIpc) is 3.06. The molecule has 0 aromatic heterocycles. The number of benzene rings is 2. The van der Waals surface area contributed by atoms with Crippen molar-refractivity contribution in [3.63, 3.8) is 0 Å². The summed E-state index contributed by atoms with van der Waals surface area (Å²) < 4.78 is 10.6. The van der Waals surface area contributed by atoms with E-state index in [0.29, 0.717) is 23.8 Å². The number of carbonyl (C=O) groups is 3. The Kier molecular flexibility index (Phi) is 6.72. The predicted octanol–water partition coefficient (Wildman–Crippen LogP) is 3.16. The van der Waals surface area contributed by atoms with Gasteiger partial charge >= 0.3 is 0 Å². The van der Waals surface area contributed by atoms with E-state index in [9.17, 15) is 14.4 Å². The van der Waals surface area contributed by atoms with Gasteiger partial charge in [0.15, 0.2) is 0 Å². The quantitative estimate of drug-likeness (QED) is 0.625. The highest BCUT2D eigenvalue weighted by atomic mass is 16.5. The minimum Gasteiger partial charge on any atom is -0.497 e. The fraction of sp³-hybridized carbons (Fsp3) is 0.348. The molecule has 1 atom stereocenters. The Labute approximate surface area is 176 Å². The number of methoxy groups -OCH3 is 1. The van der Waals surface area contributed by atoms with Gasteiger partial charge in [-0.15, -0.1) is 0 Å². The number of hydrogen-bond donors (Lipinski definition) is 0. The van der Waals surface area contributed by atoms with Crippen LogP contribution in [0, 0.1) is 0 Å². The van der Waals surface area contributed by atoms with Crippen LogP contribution in [0.4, 0.5) is 5.69 Å². The smallest absolute Gasteiger partial charge is 0.257 e. The summed E-state index contributed by atoms with van der Waals surface area (Å²) in [6.07, 6.45) is 0.213. The molecule has 1 heterocycles. The van der Waals surface area contributed by atoms with E-state index >= 15 is 0 Å². The molecule has 0 radical (unpaired) electrons. The lowest BCUT2D eigenvalue weighted by atomic mass is 10.1. The first-order valence-electron chi connectivity index (χ1n) is 10.0. The minimum atomic E-state index is -0.821. The maximum atomic E-state index is 13.1. The molecule has 0 N–H and O–H groups in total. The van der Waals surface area contributed by atoms with E-state index in [1.807, 2.05) is 19.1 Å². The van der Waals surface area contributed by atoms with E-state index in [0.717, 1.165) is 10.5 Å². The highest BCUT2D eigenvalue weighted by Crippen LogP contribution is 2.28. The van der Waals surface area contributed by atoms with Crippen LogP contribution in [0.25, 0.3) is 0 Å². The molecule has 1 fully saturated rings. The van der Waals surface area contributed by atoms with Crippen LogP contribution >= 0.6 is 0 Å². The van der Waals surface area contributed by atoms with Crippen molar-refractivity contribution < 1.29 is 23.9 Å². The second-order valence-electron chi connectivity index (χ2n) is 6.94. The molecule has 3 rings (SSSR count). The molecular weight excluding hydrogens is 384 g/mol. The topological polar surface area (TPSA) is 76.2 Å². The van der Waals surface area contributed by atoms with Crippen LogP contribution in [0.3, 0.4) is 0 Å². The molecule has 0 saturated carbocycles. The molecule has 3 amide bonds. The molecule has 0 spiro atoms. The third kappa shape index (κ3) is 4.45. The fourth-order valence-electron chi connectivity index (χ4n) is 3.49. The fourth-order valence-corrected chi connectivity index (χ4v) is 3.49. The van der Waals surface area contributed by atoms with Gasteiger partial charge in [0.25, 0.3) is 5.91 Å². The molecule has 7 nitrogen and oxygen atoms in total. The third-order valence-corrected chi connectivity index (χ3v) is 5.04. The van der Waals surface area contributed by atoms with Crippen LogP contribution in [0.15, 0.2) is 48.5 Å². The van der Waals surface area contributed by atoms with Crippen LogP contribution in [-0.2, 0) is 20.9 Å². The summed E-state index contributed by atoms with van der Waals surface area (Å²) in [6.45, 7) is 4.41. The molecule has 30 heavy (non-hydrogen) atoms. The molecular formula is C23H26N2O5. The summed E-state index contributed by atoms with van der Waals surface area (Å²) in [5.74, 6) is 0.489. The van der Waals surface area contributed by atoms with Gasteiger partial charge in [-0.05, 0) is 48.9 Å². The average molecular weight is 410 g/mol. The Morgan fingerprint density at radius 1 is 1.03 bits per heavy atom. The van der Waals surface area contributed by atoms with Gasteiger partial charge in [-0.2, -0.15) is 0 Å². The number of nitrogens with zero attached hydrogens (tertiary/aromatic N) is 2. The monoisotopic (exact) mass is 410 g/mol. The zero-order valence-corrected chi connectivity index (χ0v) is 17.5. The lowest BCUT2D eigenvalue weighted by molar-refractivity contribution is -0.138. The van der Waals surface area contributed by atoms with Crippen molar-refractivity contribution in [1.82, 2.24) is 4.90 Å². The van der Waals surface area contributed by atoms with Crippen molar-refractivity contribution in [2.45, 2.75) is 39.3 Å². The normalized spacial score (nSPS) is 16.0. The van der Waals surface area contributed by atoms with Gasteiger partial charge in [-0.1, -0.05) is 19.1 Å². The van der Waals surface area contributed by atoms with Crippen LogP contribution < -0.4 is 14.4 Å². The second kappa shape index (κ2) is 9.43. The summed E-state index contributed by atoms with van der Waals surface area (Å²) in [4.78, 5) is 41.1. The minimum absolute atomic E-state index is 0.0338. The van der Waals surface area contributed by atoms with E-state index in [-0.39, 0.29) is 37.1 Å². The molecule has 2 aromatic rings. The maximum Gasteiger partial charge on any atom is 0.257 e. The van der Waals surface area contributed by atoms with Gasteiger partial charge in [0.1, 0.15) is 17.5 Å². The number of imide groups is 1. The second-order valence-corrected chi connectivity index (χ2v) is 6.94. The summed E-state index contributed by atoms with van der Waals surface area (Å²) in [5.41, 5.74) is 1.33. The molecule has 0 bridgehead atoms. The van der Waals surface area contributed by atoms with Crippen molar-refractivity contribution in [2.24, 2.45) is 0 Å². The van der Waals surface area contributed by atoms with Gasteiger partial charge in [0, 0.05) is 13.0 Å². The van der Waals surface area contributed by atoms with Crippen LogP contribution in [-0.4, -0.2) is 42.4 Å². The number of amides is 3. The summed E-state index contributed by atoms with van der Waals surface area (Å²) in [7, 11) is 1.58. The first-order chi connectivity index (χ1) is 14.5. The van der Waals surface area contributed by atoms with Crippen molar-refractivity contribution >= 4 is 23.4 Å². The number of rotatable bonds is 8. The molecule has 158 valence electrons. The lowest BCUT2D eigenvalue weighted by Crippen LogP contribution is -2.44. The van der Waals surface area contributed by atoms with Gasteiger partial charge in [0.05, 0.1) is 25.8 Å². The van der Waals surface area contributed by atoms with E-state index in [1.54, 1.807) is 50.4 Å². The lowest BCUT2D eigenvalue weighted by Gasteiger charge is -2.27. The number of ether oxygens (including phenoxy) is 2. The van der Waals surface area contributed by atoms with Gasteiger partial charge < -0.3 is 14.4 Å². The van der Waals surface area contributed by atoms with Crippen molar-refractivity contribution in [2.75, 3.05) is 18.6 Å². The van der Waals surface area contributed by atoms with Crippen LogP contribution in [0.1, 0.15) is 32.3 Å². The summed E-state index contributed by atoms with van der Waals surface area (Å²) >= 11 is 0. The summed E-state index contributed by atoms with van der Waals surface area (Å²) in [5, 5.41) is 0. The SMILES string of the molecule is CCOc1ccc(N2C(=O)CC(N(Cc3ccc(OC)cc3)C(=O)CC)C2=O)cc1. The van der Waals surface area contributed by atoms with E-state index in [4.69, 9.17) is 9.47 Å². The Morgan fingerprint density at radius 2 is 1.67 bits per heavy atom. The predicted molar refractivity (Wildman–Crippen MR) is 112 cm³/mol. The number of hydrogen-bond acceptors (Lipinski definition) is 5. The largest absolute Gasteiger partial charge is 0.497 e.